The highest BCUT2D eigenvalue weighted by Crippen LogP contribution is 2.17. The number of hydrogen-bond donors (Lipinski definition) is 1. The van der Waals surface area contributed by atoms with Gasteiger partial charge in [-0.05, 0) is 19.3 Å². The van der Waals surface area contributed by atoms with E-state index in [9.17, 15) is 4.79 Å². The molecule has 1 aliphatic carbocycles. The summed E-state index contributed by atoms with van der Waals surface area (Å²) in [6, 6.07) is 0.507. The van der Waals surface area contributed by atoms with Crippen LogP contribution in [-0.2, 0) is 4.79 Å². The molecule has 0 spiro atoms. The van der Waals surface area contributed by atoms with Gasteiger partial charge in [0.1, 0.15) is 0 Å². The van der Waals surface area contributed by atoms with E-state index >= 15 is 0 Å². The summed E-state index contributed by atoms with van der Waals surface area (Å²) >= 11 is 0. The molecular weight excluding hydrogens is 138 g/mol. The van der Waals surface area contributed by atoms with Crippen LogP contribution >= 0.6 is 0 Å². The number of nitrogens with one attached hydrogen (secondary N) is 1. The van der Waals surface area contributed by atoms with Crippen molar-refractivity contribution in [3.8, 4) is 0 Å². The Hall–Kier alpha value is -0.530. The molecule has 0 aliphatic heterocycles. The number of hydrogen-bond acceptors (Lipinski definition) is 1. The third kappa shape index (κ3) is 5.89. The Labute approximate surface area is 70.9 Å². The van der Waals surface area contributed by atoms with Crippen molar-refractivity contribution >= 4 is 5.91 Å². The Balaban J connectivity index is 0. The first-order chi connectivity index (χ1) is 5.20. The van der Waals surface area contributed by atoms with Crippen LogP contribution in [0.1, 0.15) is 47.9 Å². The van der Waals surface area contributed by atoms with Crippen molar-refractivity contribution in [2.45, 2.75) is 52.5 Å². The molecule has 0 aromatic rings. The highest BCUT2D eigenvalue weighted by molar-refractivity contribution is 5.73. The first-order valence-corrected chi connectivity index (χ1v) is 4.47. The van der Waals surface area contributed by atoms with Gasteiger partial charge < -0.3 is 5.32 Å². The van der Waals surface area contributed by atoms with Gasteiger partial charge in [0.05, 0.1) is 0 Å². The molecule has 0 saturated heterocycles. The van der Waals surface area contributed by atoms with Crippen molar-refractivity contribution in [2.24, 2.45) is 0 Å². The van der Waals surface area contributed by atoms with Gasteiger partial charge >= 0.3 is 0 Å². The summed E-state index contributed by atoms with van der Waals surface area (Å²) in [6.45, 7) is 5.82. The van der Waals surface area contributed by atoms with E-state index < -0.39 is 0 Å². The predicted octanol–water partition coefficient (Wildman–Crippen LogP) is 2.34. The van der Waals surface area contributed by atoms with E-state index in [0.29, 0.717) is 6.04 Å². The fourth-order valence-corrected chi connectivity index (χ4v) is 0.840. The summed E-state index contributed by atoms with van der Waals surface area (Å²) in [5, 5.41) is 2.84. The third-order valence-corrected chi connectivity index (χ3v) is 1.51. The maximum Gasteiger partial charge on any atom is 0.217 e. The second-order valence-corrected chi connectivity index (χ2v) is 3.04. The monoisotopic (exact) mass is 159 g/mol. The number of amides is 1. The largest absolute Gasteiger partial charge is 0.354 e. The van der Waals surface area contributed by atoms with E-state index in [0.717, 1.165) is 0 Å². The summed E-state index contributed by atoms with van der Waals surface area (Å²) in [5.41, 5.74) is 0. The Kier molecular flexibility index (Phi) is 5.90. The summed E-state index contributed by atoms with van der Waals surface area (Å²) in [6.07, 6.45) is 4.89. The van der Waals surface area contributed by atoms with Crippen molar-refractivity contribution < 1.29 is 6.22 Å². The van der Waals surface area contributed by atoms with Crippen LogP contribution in [0.5, 0.6) is 0 Å². The molecule has 1 saturated carbocycles. The maximum atomic E-state index is 10.3. The molecule has 1 N–H and O–H groups in total. The molecule has 0 heterocycles. The molecule has 0 radical (unpaired) electrons. The molecule has 2 heteroatoms. The second kappa shape index (κ2) is 6.20. The standard InChI is InChI=1S/C6H11NO.C3H8.H2/c1-5(8)7-6-3-2-4-6;1-3-2;/h6H,2-4H2,1H3,(H,7,8);3H2,1-2H3;1H. The first kappa shape index (κ1) is 10.5. The molecule has 11 heavy (non-hydrogen) atoms. The molecule has 0 bridgehead atoms. The van der Waals surface area contributed by atoms with Crippen molar-refractivity contribution in [1.29, 1.82) is 0 Å². The minimum atomic E-state index is 0. The zero-order chi connectivity index (χ0) is 8.69. The third-order valence-electron chi connectivity index (χ3n) is 1.51. The lowest BCUT2D eigenvalue weighted by Crippen LogP contribution is -2.37. The van der Waals surface area contributed by atoms with Crippen molar-refractivity contribution in [3.63, 3.8) is 0 Å². The van der Waals surface area contributed by atoms with Gasteiger partial charge in [0, 0.05) is 14.4 Å². The highest BCUT2D eigenvalue weighted by Gasteiger charge is 2.16. The summed E-state index contributed by atoms with van der Waals surface area (Å²) in [4.78, 5) is 10.3. The van der Waals surface area contributed by atoms with Crippen LogP contribution in [0.15, 0.2) is 0 Å². The van der Waals surface area contributed by atoms with Gasteiger partial charge in [-0.25, -0.2) is 0 Å². The van der Waals surface area contributed by atoms with Gasteiger partial charge in [-0.3, -0.25) is 4.79 Å². The SMILES string of the molecule is CC(=O)NC1CCC1.CCC.[HH]. The molecule has 1 aliphatic rings. The van der Waals surface area contributed by atoms with Crippen LogP contribution in [0.25, 0.3) is 0 Å². The van der Waals surface area contributed by atoms with E-state index in [1.807, 2.05) is 0 Å². The summed E-state index contributed by atoms with van der Waals surface area (Å²) < 4.78 is 0. The van der Waals surface area contributed by atoms with Crippen molar-refractivity contribution in [3.05, 3.63) is 0 Å². The Morgan fingerprint density at radius 2 is 2.00 bits per heavy atom. The Bertz CT molecular complexity index is 113. The molecule has 0 aromatic carbocycles. The van der Waals surface area contributed by atoms with E-state index in [1.54, 1.807) is 6.92 Å². The van der Waals surface area contributed by atoms with Crippen LogP contribution in [0, 0.1) is 0 Å². The van der Waals surface area contributed by atoms with Crippen LogP contribution in [0.4, 0.5) is 0 Å². The van der Waals surface area contributed by atoms with E-state index in [4.69, 9.17) is 0 Å². The molecule has 0 unspecified atom stereocenters. The van der Waals surface area contributed by atoms with Gasteiger partial charge in [0.25, 0.3) is 0 Å². The van der Waals surface area contributed by atoms with Gasteiger partial charge in [0.15, 0.2) is 0 Å². The molecule has 68 valence electrons. The lowest BCUT2D eigenvalue weighted by Gasteiger charge is -2.25. The van der Waals surface area contributed by atoms with Crippen LogP contribution in [0.2, 0.25) is 0 Å². The van der Waals surface area contributed by atoms with Crippen LogP contribution < -0.4 is 5.32 Å². The van der Waals surface area contributed by atoms with Gasteiger partial charge in [-0.1, -0.05) is 20.3 Å². The number of carbonyl (C=O) groups is 1. The highest BCUT2D eigenvalue weighted by atomic mass is 16.1. The zero-order valence-electron chi connectivity index (χ0n) is 7.81. The first-order valence-electron chi connectivity index (χ1n) is 4.47. The topological polar surface area (TPSA) is 29.1 Å². The molecule has 2 nitrogen and oxygen atoms in total. The summed E-state index contributed by atoms with van der Waals surface area (Å²) in [7, 11) is 0. The fourth-order valence-electron chi connectivity index (χ4n) is 0.840. The molecular formula is C9H21NO. The van der Waals surface area contributed by atoms with Crippen LogP contribution in [-0.4, -0.2) is 11.9 Å². The molecule has 1 rings (SSSR count). The van der Waals surface area contributed by atoms with Crippen molar-refractivity contribution in [1.82, 2.24) is 5.32 Å². The molecule has 0 aromatic heterocycles. The zero-order valence-corrected chi connectivity index (χ0v) is 7.81. The molecule has 0 atom stereocenters. The fraction of sp³-hybridized carbons (Fsp3) is 0.889. The normalized spacial score (nSPS) is 15.9. The second-order valence-electron chi connectivity index (χ2n) is 3.04. The lowest BCUT2D eigenvalue weighted by atomic mass is 9.93. The van der Waals surface area contributed by atoms with Gasteiger partial charge in [0.2, 0.25) is 5.91 Å². The number of rotatable bonds is 1. The van der Waals surface area contributed by atoms with Crippen molar-refractivity contribution in [2.75, 3.05) is 0 Å². The number of carbonyl (C=O) groups excluding carboxylic acids is 1. The van der Waals surface area contributed by atoms with Gasteiger partial charge in [-0.2, -0.15) is 0 Å². The smallest absolute Gasteiger partial charge is 0.217 e. The van der Waals surface area contributed by atoms with Crippen LogP contribution in [0.3, 0.4) is 0 Å². The lowest BCUT2D eigenvalue weighted by molar-refractivity contribution is -0.120. The van der Waals surface area contributed by atoms with E-state index in [-0.39, 0.29) is 7.33 Å². The molecule has 1 fully saturated rings. The minimum Gasteiger partial charge on any atom is -0.354 e. The average molecular weight is 159 g/mol. The van der Waals surface area contributed by atoms with E-state index in [1.165, 1.54) is 25.7 Å². The quantitative estimate of drug-likeness (QED) is 0.625. The van der Waals surface area contributed by atoms with E-state index in [2.05, 4.69) is 19.2 Å². The average Bonchev–Trinajstić information content (AvgIpc) is 1.81. The minimum absolute atomic E-state index is 0. The maximum absolute atomic E-state index is 10.3. The summed E-state index contributed by atoms with van der Waals surface area (Å²) in [5.74, 6) is 0.106. The van der Waals surface area contributed by atoms with Gasteiger partial charge in [-0.15, -0.1) is 0 Å². The Morgan fingerprint density at radius 1 is 1.55 bits per heavy atom. The predicted molar refractivity (Wildman–Crippen MR) is 49.5 cm³/mol. The molecule has 1 amide bonds. The Morgan fingerprint density at radius 3 is 2.09 bits per heavy atom.